The fraction of sp³-hybridized carbons (Fsp3) is 0.333. The van der Waals surface area contributed by atoms with Gasteiger partial charge in [0, 0.05) is 6.20 Å². The Morgan fingerprint density at radius 1 is 1.26 bits per heavy atom. The van der Waals surface area contributed by atoms with E-state index in [-0.39, 0.29) is 12.5 Å². The maximum Gasteiger partial charge on any atom is 0.238 e. The summed E-state index contributed by atoms with van der Waals surface area (Å²) in [5.41, 5.74) is 2.23. The molecule has 2 aromatic heterocycles. The number of rotatable bonds is 8. The van der Waals surface area contributed by atoms with Crippen LogP contribution in [0.1, 0.15) is 43.6 Å². The molecule has 1 amide bonds. The van der Waals surface area contributed by atoms with E-state index in [1.807, 2.05) is 13.0 Å². The molecule has 31 heavy (non-hydrogen) atoms. The number of pyridine rings is 1. The summed E-state index contributed by atoms with van der Waals surface area (Å²) < 4.78 is 7.34. The number of nitrogens with zero attached hydrogens (tertiary/aromatic N) is 4. The second-order valence-electron chi connectivity index (χ2n) is 7.36. The highest BCUT2D eigenvalue weighted by Crippen LogP contribution is 2.28. The van der Waals surface area contributed by atoms with E-state index in [9.17, 15) is 4.79 Å². The molecule has 1 atom stereocenters. The summed E-state index contributed by atoms with van der Waals surface area (Å²) in [5, 5.41) is 11.4. The minimum atomic E-state index is -0.470. The number of nitrogens with one attached hydrogen (secondary N) is 1. The lowest BCUT2D eigenvalue weighted by Gasteiger charge is -2.15. The molecule has 0 aliphatic carbocycles. The number of hydrogen-bond donors (Lipinski definition) is 2. The lowest BCUT2D eigenvalue weighted by atomic mass is 10.0. The van der Waals surface area contributed by atoms with Gasteiger partial charge in [0.2, 0.25) is 11.1 Å². The van der Waals surface area contributed by atoms with Crippen LogP contribution in [0.3, 0.4) is 0 Å². The Hall–Kier alpha value is -2.78. The molecule has 0 unspecified atom stereocenters. The molecule has 8 nitrogen and oxygen atoms in total. The van der Waals surface area contributed by atoms with Crippen molar-refractivity contribution in [3.8, 4) is 5.75 Å². The molecule has 164 valence electrons. The first-order valence-electron chi connectivity index (χ1n) is 9.76. The number of carbonyl (C=O) groups is 1. The normalized spacial score (nSPS) is 12.1. The predicted molar refractivity (Wildman–Crippen MR) is 123 cm³/mol. The van der Waals surface area contributed by atoms with Gasteiger partial charge in [0.1, 0.15) is 18.2 Å². The summed E-state index contributed by atoms with van der Waals surface area (Å²) in [6.45, 7) is 8.17. The van der Waals surface area contributed by atoms with Crippen LogP contribution in [0.4, 0.5) is 5.82 Å². The van der Waals surface area contributed by atoms with E-state index < -0.39 is 5.25 Å². The summed E-state index contributed by atoms with van der Waals surface area (Å²) in [4.78, 5) is 16.5. The van der Waals surface area contributed by atoms with Gasteiger partial charge in [-0.1, -0.05) is 49.3 Å². The van der Waals surface area contributed by atoms with Crippen molar-refractivity contribution in [1.82, 2.24) is 19.9 Å². The first-order chi connectivity index (χ1) is 14.7. The number of amides is 1. The van der Waals surface area contributed by atoms with Crippen molar-refractivity contribution in [2.75, 3.05) is 11.2 Å². The topological polar surface area (TPSA) is 108 Å². The van der Waals surface area contributed by atoms with Gasteiger partial charge in [0.05, 0.1) is 10.3 Å². The molecule has 0 bridgehead atoms. The summed E-state index contributed by atoms with van der Waals surface area (Å²) in [6.07, 6.45) is 1.47. The summed E-state index contributed by atoms with van der Waals surface area (Å²) in [6, 6.07) is 9.42. The largest absolute Gasteiger partial charge is 0.485 e. The molecular formula is C21H25ClN6O2S. The van der Waals surface area contributed by atoms with E-state index in [4.69, 9.17) is 22.2 Å². The molecule has 3 N–H and O–H groups in total. The van der Waals surface area contributed by atoms with Crippen LogP contribution in [0, 0.1) is 6.92 Å². The number of thioether (sulfide) groups is 1. The van der Waals surface area contributed by atoms with Gasteiger partial charge in [-0.2, -0.15) is 0 Å². The highest BCUT2D eigenvalue weighted by Gasteiger charge is 2.20. The van der Waals surface area contributed by atoms with Gasteiger partial charge in [-0.25, -0.2) is 9.66 Å². The summed E-state index contributed by atoms with van der Waals surface area (Å²) >= 11 is 7.01. The number of ether oxygens (including phenoxy) is 1. The molecule has 0 saturated heterocycles. The Morgan fingerprint density at radius 2 is 2.03 bits per heavy atom. The Bertz CT molecular complexity index is 1050. The van der Waals surface area contributed by atoms with Gasteiger partial charge in [-0.3, -0.25) is 4.79 Å². The minimum absolute atomic E-state index is 0.169. The van der Waals surface area contributed by atoms with Gasteiger partial charge in [0.15, 0.2) is 5.82 Å². The predicted octanol–water partition coefficient (Wildman–Crippen LogP) is 4.17. The highest BCUT2D eigenvalue weighted by atomic mass is 35.5. The van der Waals surface area contributed by atoms with E-state index >= 15 is 0 Å². The number of nitrogens with two attached hydrogens (primary N) is 1. The van der Waals surface area contributed by atoms with Gasteiger partial charge in [-0.15, -0.1) is 10.2 Å². The number of anilines is 1. The number of benzene rings is 1. The fourth-order valence-corrected chi connectivity index (χ4v) is 3.66. The Labute approximate surface area is 190 Å². The zero-order chi connectivity index (χ0) is 22.5. The van der Waals surface area contributed by atoms with Crippen molar-refractivity contribution in [1.29, 1.82) is 0 Å². The average molecular weight is 461 g/mol. The van der Waals surface area contributed by atoms with Crippen LogP contribution >= 0.6 is 23.4 Å². The van der Waals surface area contributed by atoms with E-state index in [0.717, 1.165) is 16.9 Å². The van der Waals surface area contributed by atoms with Crippen LogP contribution < -0.4 is 15.9 Å². The van der Waals surface area contributed by atoms with Crippen molar-refractivity contribution >= 4 is 35.1 Å². The van der Waals surface area contributed by atoms with Crippen molar-refractivity contribution in [2.24, 2.45) is 0 Å². The fourth-order valence-electron chi connectivity index (χ4n) is 2.76. The van der Waals surface area contributed by atoms with Crippen molar-refractivity contribution in [3.05, 3.63) is 58.5 Å². The second kappa shape index (κ2) is 10.0. The number of hydrogen-bond acceptors (Lipinski definition) is 7. The third kappa shape index (κ3) is 5.89. The standard InChI is InChI=1S/C21H25ClN6O2S/c1-12(2)16-7-5-13(3)9-17(16)30-11-19-26-27-21(28(19)23)31-14(4)20(29)25-18-8-6-15(22)10-24-18/h5-10,12,14H,11,23H2,1-4H3,(H,24,25,29)/t14-/m0/s1. The number of aromatic nitrogens is 4. The summed E-state index contributed by atoms with van der Waals surface area (Å²) in [5.74, 6) is 7.92. The molecule has 0 aliphatic rings. The minimum Gasteiger partial charge on any atom is -0.485 e. The molecule has 0 spiro atoms. The third-order valence-electron chi connectivity index (χ3n) is 4.51. The Kier molecular flexibility index (Phi) is 7.40. The lowest BCUT2D eigenvalue weighted by molar-refractivity contribution is -0.115. The molecule has 2 heterocycles. The van der Waals surface area contributed by atoms with Crippen molar-refractivity contribution in [2.45, 2.75) is 50.6 Å². The van der Waals surface area contributed by atoms with E-state index in [1.165, 1.54) is 22.6 Å². The molecular weight excluding hydrogens is 436 g/mol. The molecule has 0 aliphatic heterocycles. The number of nitrogen functional groups attached to an aromatic ring is 1. The monoisotopic (exact) mass is 460 g/mol. The first-order valence-corrected chi connectivity index (χ1v) is 11.0. The Balaban J connectivity index is 1.63. The maximum atomic E-state index is 12.4. The lowest BCUT2D eigenvalue weighted by Crippen LogP contribution is -2.24. The zero-order valence-corrected chi connectivity index (χ0v) is 19.4. The highest BCUT2D eigenvalue weighted by molar-refractivity contribution is 8.00. The van der Waals surface area contributed by atoms with Crippen molar-refractivity contribution in [3.63, 3.8) is 0 Å². The van der Waals surface area contributed by atoms with Crippen molar-refractivity contribution < 1.29 is 9.53 Å². The number of halogens is 1. The first kappa shape index (κ1) is 22.9. The van der Waals surface area contributed by atoms with E-state index in [0.29, 0.717) is 27.7 Å². The third-order valence-corrected chi connectivity index (χ3v) is 5.79. The van der Waals surface area contributed by atoms with Gasteiger partial charge >= 0.3 is 0 Å². The SMILES string of the molecule is Cc1ccc(C(C)C)c(OCc2nnc(S[C@@H](C)C(=O)Nc3ccc(Cl)cn3)n2N)c1. The number of carbonyl (C=O) groups excluding carboxylic acids is 1. The molecule has 10 heteroatoms. The molecule has 3 aromatic rings. The molecule has 0 fully saturated rings. The second-order valence-corrected chi connectivity index (χ2v) is 9.11. The van der Waals surface area contributed by atoms with Crippen LogP contribution in [-0.4, -0.2) is 31.0 Å². The van der Waals surface area contributed by atoms with Crippen LogP contribution in [-0.2, 0) is 11.4 Å². The quantitative estimate of drug-likeness (QED) is 0.383. The van der Waals surface area contributed by atoms with Crippen LogP contribution in [0.2, 0.25) is 5.02 Å². The summed E-state index contributed by atoms with van der Waals surface area (Å²) in [7, 11) is 0. The molecule has 3 rings (SSSR count). The van der Waals surface area contributed by atoms with Crippen LogP contribution in [0.25, 0.3) is 0 Å². The van der Waals surface area contributed by atoms with E-state index in [2.05, 4.69) is 46.5 Å². The van der Waals surface area contributed by atoms with Gasteiger partial charge in [-0.05, 0) is 49.1 Å². The van der Waals surface area contributed by atoms with Crippen LogP contribution in [0.5, 0.6) is 5.75 Å². The van der Waals surface area contributed by atoms with Crippen LogP contribution in [0.15, 0.2) is 41.7 Å². The zero-order valence-electron chi connectivity index (χ0n) is 17.8. The average Bonchev–Trinajstić information content (AvgIpc) is 3.07. The molecule has 0 saturated carbocycles. The van der Waals surface area contributed by atoms with Gasteiger partial charge in [0.25, 0.3) is 0 Å². The molecule has 0 radical (unpaired) electrons. The van der Waals surface area contributed by atoms with Gasteiger partial charge < -0.3 is 15.9 Å². The smallest absolute Gasteiger partial charge is 0.238 e. The van der Waals surface area contributed by atoms with E-state index in [1.54, 1.807) is 19.1 Å². The molecule has 1 aromatic carbocycles. The Morgan fingerprint density at radius 3 is 2.71 bits per heavy atom. The maximum absolute atomic E-state index is 12.4. The number of aryl methyl sites for hydroxylation is 1.